The molecule has 3 aromatic carbocycles. The maximum absolute atomic E-state index is 14.2. The average Bonchev–Trinajstić information content (AvgIpc) is 3.25. The molecule has 0 saturated carbocycles. The number of pyridine rings is 1. The van der Waals surface area contributed by atoms with E-state index in [1.165, 1.54) is 11.3 Å². The van der Waals surface area contributed by atoms with Crippen molar-refractivity contribution in [2.24, 2.45) is 0 Å². The predicted molar refractivity (Wildman–Crippen MR) is 137 cm³/mol. The van der Waals surface area contributed by atoms with Crippen LogP contribution in [0.1, 0.15) is 23.0 Å². The molecular weight excluding hydrogens is 498 g/mol. The summed E-state index contributed by atoms with van der Waals surface area (Å²) >= 11 is 5.01. The number of aromatic nitrogens is 2. The van der Waals surface area contributed by atoms with Crippen LogP contribution in [-0.2, 0) is 6.54 Å². The number of carbonyl (C=O) groups excluding carboxylic acids is 1. The van der Waals surface area contributed by atoms with Crippen LogP contribution >= 0.6 is 27.3 Å². The third kappa shape index (κ3) is 4.34. The Balaban J connectivity index is 1.68. The number of thiazole rings is 1. The topological polar surface area (TPSA) is 55.3 Å². The largest absolute Gasteiger partial charge is 0.493 e. The molecule has 0 aliphatic heterocycles. The highest BCUT2D eigenvalue weighted by molar-refractivity contribution is 9.10. The van der Waals surface area contributed by atoms with Gasteiger partial charge >= 0.3 is 0 Å². The second-order valence-electron chi connectivity index (χ2n) is 7.41. The van der Waals surface area contributed by atoms with Crippen LogP contribution < -0.4 is 9.64 Å². The lowest BCUT2D eigenvalue weighted by Crippen LogP contribution is -2.31. The van der Waals surface area contributed by atoms with Crippen molar-refractivity contribution in [2.45, 2.75) is 13.5 Å². The van der Waals surface area contributed by atoms with E-state index in [1.807, 2.05) is 79.7 Å². The van der Waals surface area contributed by atoms with Gasteiger partial charge in [-0.1, -0.05) is 63.7 Å². The van der Waals surface area contributed by atoms with Crippen LogP contribution in [0.5, 0.6) is 5.75 Å². The molecule has 33 heavy (non-hydrogen) atoms. The van der Waals surface area contributed by atoms with Crippen molar-refractivity contribution in [3.05, 3.63) is 94.7 Å². The highest BCUT2D eigenvalue weighted by atomic mass is 79.9. The minimum atomic E-state index is -0.168. The monoisotopic (exact) mass is 517 g/mol. The van der Waals surface area contributed by atoms with Gasteiger partial charge in [0.15, 0.2) is 5.13 Å². The second kappa shape index (κ2) is 9.29. The molecule has 0 unspecified atom stereocenters. The zero-order valence-corrected chi connectivity index (χ0v) is 20.3. The van der Waals surface area contributed by atoms with Gasteiger partial charge < -0.3 is 4.74 Å². The number of rotatable bonds is 6. The SMILES string of the molecule is CCOc1ccc2ccccc2c1C(=O)N(Cc1ccccn1)c1nc2ccc(Br)cc2s1. The van der Waals surface area contributed by atoms with Gasteiger partial charge in [0, 0.05) is 10.7 Å². The third-order valence-electron chi connectivity index (χ3n) is 5.27. The summed E-state index contributed by atoms with van der Waals surface area (Å²) in [6.07, 6.45) is 1.73. The van der Waals surface area contributed by atoms with E-state index in [4.69, 9.17) is 9.72 Å². The number of benzene rings is 3. The maximum atomic E-state index is 14.2. The summed E-state index contributed by atoms with van der Waals surface area (Å²) in [6, 6.07) is 23.3. The van der Waals surface area contributed by atoms with Crippen molar-refractivity contribution < 1.29 is 9.53 Å². The molecule has 164 valence electrons. The Hall–Kier alpha value is -3.29. The first kappa shape index (κ1) is 21.6. The Bertz CT molecular complexity index is 1450. The molecule has 0 aliphatic carbocycles. The molecule has 0 atom stereocenters. The normalized spacial score (nSPS) is 11.1. The van der Waals surface area contributed by atoms with Crippen molar-refractivity contribution in [3.8, 4) is 5.75 Å². The number of carbonyl (C=O) groups is 1. The minimum absolute atomic E-state index is 0.168. The molecule has 7 heteroatoms. The fourth-order valence-corrected chi connectivity index (χ4v) is 5.28. The van der Waals surface area contributed by atoms with Crippen LogP contribution in [0.2, 0.25) is 0 Å². The Kier molecular flexibility index (Phi) is 6.07. The van der Waals surface area contributed by atoms with Crippen LogP contribution in [-0.4, -0.2) is 22.5 Å². The number of hydrogen-bond acceptors (Lipinski definition) is 5. The number of ether oxygens (including phenoxy) is 1. The Morgan fingerprint density at radius 2 is 1.91 bits per heavy atom. The van der Waals surface area contributed by atoms with Gasteiger partial charge in [-0.3, -0.25) is 14.7 Å². The van der Waals surface area contributed by atoms with Gasteiger partial charge in [0.05, 0.1) is 34.6 Å². The second-order valence-corrected chi connectivity index (χ2v) is 9.34. The first-order valence-corrected chi connectivity index (χ1v) is 12.2. The van der Waals surface area contributed by atoms with E-state index in [9.17, 15) is 4.79 Å². The zero-order valence-electron chi connectivity index (χ0n) is 17.9. The van der Waals surface area contributed by atoms with E-state index in [0.29, 0.717) is 29.6 Å². The summed E-state index contributed by atoms with van der Waals surface area (Å²) in [4.78, 5) is 25.1. The lowest BCUT2D eigenvalue weighted by Gasteiger charge is -2.22. The van der Waals surface area contributed by atoms with E-state index in [-0.39, 0.29) is 5.91 Å². The van der Waals surface area contributed by atoms with Crippen molar-refractivity contribution in [1.29, 1.82) is 0 Å². The lowest BCUT2D eigenvalue weighted by molar-refractivity contribution is 0.0983. The molecule has 0 spiro atoms. The average molecular weight is 518 g/mol. The number of amides is 1. The summed E-state index contributed by atoms with van der Waals surface area (Å²) in [5, 5.41) is 2.45. The number of nitrogens with zero attached hydrogens (tertiary/aromatic N) is 3. The predicted octanol–water partition coefficient (Wildman–Crippen LogP) is 6.85. The van der Waals surface area contributed by atoms with E-state index < -0.39 is 0 Å². The van der Waals surface area contributed by atoms with E-state index in [2.05, 4.69) is 20.9 Å². The smallest absolute Gasteiger partial charge is 0.264 e. The third-order valence-corrected chi connectivity index (χ3v) is 6.80. The van der Waals surface area contributed by atoms with Crippen LogP contribution in [0.3, 0.4) is 0 Å². The number of halogens is 1. The van der Waals surface area contributed by atoms with Crippen LogP contribution in [0.25, 0.3) is 21.0 Å². The summed E-state index contributed by atoms with van der Waals surface area (Å²) in [7, 11) is 0. The first-order valence-electron chi connectivity index (χ1n) is 10.6. The standard InChI is InChI=1S/C26H20BrN3O2S/c1-2-32-22-13-10-17-7-3-4-9-20(17)24(22)25(31)30(16-19-8-5-6-14-28-19)26-29-21-12-11-18(27)15-23(21)33-26/h3-15H,2,16H2,1H3. The molecule has 0 fully saturated rings. The summed E-state index contributed by atoms with van der Waals surface area (Å²) in [5.41, 5.74) is 2.16. The van der Waals surface area contributed by atoms with Gasteiger partial charge in [0.25, 0.3) is 5.91 Å². The lowest BCUT2D eigenvalue weighted by atomic mass is 10.0. The fraction of sp³-hybridized carbons (Fsp3) is 0.115. The number of hydrogen-bond donors (Lipinski definition) is 0. The minimum Gasteiger partial charge on any atom is -0.493 e. The molecular formula is C26H20BrN3O2S. The van der Waals surface area contributed by atoms with E-state index in [1.54, 1.807) is 11.1 Å². The molecule has 0 N–H and O–H groups in total. The Morgan fingerprint density at radius 1 is 1.06 bits per heavy atom. The van der Waals surface area contributed by atoms with Gasteiger partial charge in [-0.05, 0) is 54.1 Å². The molecule has 2 heterocycles. The van der Waals surface area contributed by atoms with Crippen LogP contribution in [0.4, 0.5) is 5.13 Å². The number of anilines is 1. The van der Waals surface area contributed by atoms with Gasteiger partial charge in [-0.15, -0.1) is 0 Å². The van der Waals surface area contributed by atoms with Gasteiger partial charge in [0.2, 0.25) is 0 Å². The molecule has 2 aromatic heterocycles. The molecule has 5 aromatic rings. The molecule has 0 aliphatic rings. The van der Waals surface area contributed by atoms with Crippen molar-refractivity contribution in [3.63, 3.8) is 0 Å². The molecule has 5 rings (SSSR count). The Labute approximate surface area is 203 Å². The van der Waals surface area contributed by atoms with Crippen LogP contribution in [0.15, 0.2) is 83.5 Å². The van der Waals surface area contributed by atoms with Gasteiger partial charge in [-0.25, -0.2) is 4.98 Å². The van der Waals surface area contributed by atoms with Gasteiger partial charge in [0.1, 0.15) is 5.75 Å². The molecule has 0 saturated heterocycles. The molecule has 1 amide bonds. The molecule has 0 bridgehead atoms. The fourth-order valence-electron chi connectivity index (χ4n) is 3.76. The molecule has 0 radical (unpaired) electrons. The van der Waals surface area contributed by atoms with E-state index in [0.717, 1.165) is 31.2 Å². The van der Waals surface area contributed by atoms with Crippen molar-refractivity contribution >= 4 is 59.3 Å². The van der Waals surface area contributed by atoms with Crippen molar-refractivity contribution in [2.75, 3.05) is 11.5 Å². The van der Waals surface area contributed by atoms with Crippen LogP contribution in [0, 0.1) is 0 Å². The maximum Gasteiger partial charge on any atom is 0.264 e. The Morgan fingerprint density at radius 3 is 2.73 bits per heavy atom. The number of fused-ring (bicyclic) bond motifs is 2. The summed E-state index contributed by atoms with van der Waals surface area (Å²) in [6.45, 7) is 2.68. The highest BCUT2D eigenvalue weighted by Crippen LogP contribution is 2.35. The van der Waals surface area contributed by atoms with E-state index >= 15 is 0 Å². The summed E-state index contributed by atoms with van der Waals surface area (Å²) in [5.74, 6) is 0.398. The summed E-state index contributed by atoms with van der Waals surface area (Å²) < 4.78 is 7.86. The molecule has 5 nitrogen and oxygen atoms in total. The van der Waals surface area contributed by atoms with Crippen molar-refractivity contribution in [1.82, 2.24) is 9.97 Å². The highest BCUT2D eigenvalue weighted by Gasteiger charge is 2.27. The first-order chi connectivity index (χ1) is 16.1. The quantitative estimate of drug-likeness (QED) is 0.247. The zero-order chi connectivity index (χ0) is 22.8. The van der Waals surface area contributed by atoms with Gasteiger partial charge in [-0.2, -0.15) is 0 Å².